The third kappa shape index (κ3) is 9.89. The van der Waals surface area contributed by atoms with Gasteiger partial charge in [-0.15, -0.1) is 0 Å². The quantitative estimate of drug-likeness (QED) is 0.127. The van der Waals surface area contributed by atoms with Crippen molar-refractivity contribution in [3.8, 4) is 89.0 Å². The van der Waals surface area contributed by atoms with Crippen molar-refractivity contribution in [3.05, 3.63) is 333 Å². The number of hydrogen-bond donors (Lipinski definition) is 0. The first-order valence-corrected chi connectivity index (χ1v) is 33.7. The molecule has 0 amide bonds. The van der Waals surface area contributed by atoms with Crippen molar-refractivity contribution in [1.29, 1.82) is 0 Å². The molecule has 0 atom stereocenters. The summed E-state index contributed by atoms with van der Waals surface area (Å²) in [4.78, 5) is 5.37. The minimum absolute atomic E-state index is 0.204. The molecule has 458 valence electrons. The highest BCUT2D eigenvalue weighted by atomic mass is 16.3. The summed E-state index contributed by atoms with van der Waals surface area (Å²) in [7, 11) is 0. The second-order valence-corrected chi connectivity index (χ2v) is 27.9. The van der Waals surface area contributed by atoms with Crippen molar-refractivity contribution in [3.63, 3.8) is 0 Å². The fourth-order valence-electron chi connectivity index (χ4n) is 15.2. The minimum Gasteiger partial charge on any atom is -0.454 e. The molecular formula is C92H71BN2O. The first kappa shape index (κ1) is 58.4. The lowest BCUT2D eigenvalue weighted by molar-refractivity contribution is 0.590. The highest BCUT2D eigenvalue weighted by Gasteiger charge is 2.48. The van der Waals surface area contributed by atoms with Crippen LogP contribution in [0, 0.1) is 0 Å². The molecule has 0 aliphatic carbocycles. The molecule has 15 aromatic rings. The van der Waals surface area contributed by atoms with Crippen molar-refractivity contribution in [2.45, 2.75) is 52.4 Å². The fourth-order valence-corrected chi connectivity index (χ4v) is 15.2. The molecule has 0 unspecified atom stereocenters. The van der Waals surface area contributed by atoms with E-state index >= 15 is 0 Å². The topological polar surface area (TPSA) is 19.6 Å². The van der Waals surface area contributed by atoms with Crippen LogP contribution in [0.1, 0.15) is 52.7 Å². The highest BCUT2D eigenvalue weighted by Crippen LogP contribution is 2.58. The molecular weight excluding hydrogens is 1160 g/mol. The Morgan fingerprint density at radius 1 is 0.260 bits per heavy atom. The Morgan fingerprint density at radius 3 is 0.896 bits per heavy atom. The summed E-state index contributed by atoms with van der Waals surface area (Å²) < 4.78 is 7.74. The van der Waals surface area contributed by atoms with Crippen molar-refractivity contribution >= 4 is 79.2 Å². The predicted molar refractivity (Wildman–Crippen MR) is 409 cm³/mol. The smallest absolute Gasteiger partial charge is 0.252 e. The Morgan fingerprint density at radius 2 is 0.552 bits per heavy atom. The Bertz CT molecular complexity index is 5270. The van der Waals surface area contributed by atoms with E-state index in [0.717, 1.165) is 151 Å². The fraction of sp³-hybridized carbons (Fsp3) is 0.0870. The Hall–Kier alpha value is -11.5. The largest absolute Gasteiger partial charge is 0.454 e. The summed E-state index contributed by atoms with van der Waals surface area (Å²) in [6.45, 7) is 13.7. The number of fused-ring (bicyclic) bond motifs is 8. The summed E-state index contributed by atoms with van der Waals surface area (Å²) in [6.07, 6.45) is 0. The minimum atomic E-state index is -0.354. The molecule has 4 heteroatoms. The van der Waals surface area contributed by atoms with Crippen LogP contribution < -0.4 is 26.2 Å². The molecule has 3 nitrogen and oxygen atoms in total. The average molecular weight is 1230 g/mol. The lowest BCUT2D eigenvalue weighted by Gasteiger charge is -2.46. The van der Waals surface area contributed by atoms with Gasteiger partial charge in [-0.05, 0) is 154 Å². The maximum absolute atomic E-state index is 7.74. The first-order valence-electron chi connectivity index (χ1n) is 33.7. The van der Waals surface area contributed by atoms with Gasteiger partial charge in [0.15, 0.2) is 5.58 Å². The number of furan rings is 1. The summed E-state index contributed by atoms with van der Waals surface area (Å²) >= 11 is 0. The van der Waals surface area contributed by atoms with Crippen LogP contribution in [-0.4, -0.2) is 6.71 Å². The van der Waals surface area contributed by atoms with E-state index in [-0.39, 0.29) is 17.5 Å². The third-order valence-electron chi connectivity index (χ3n) is 19.9. The molecule has 0 spiro atoms. The van der Waals surface area contributed by atoms with Gasteiger partial charge in [-0.1, -0.05) is 315 Å². The number of benzene rings is 14. The summed E-state index contributed by atoms with van der Waals surface area (Å²) in [5.41, 5.74) is 32.0. The van der Waals surface area contributed by atoms with Gasteiger partial charge in [0, 0.05) is 50.1 Å². The van der Waals surface area contributed by atoms with Crippen LogP contribution in [-0.2, 0) is 10.8 Å². The second kappa shape index (κ2) is 23.2. The van der Waals surface area contributed by atoms with Crippen molar-refractivity contribution in [1.82, 2.24) is 0 Å². The van der Waals surface area contributed by atoms with Crippen LogP contribution >= 0.6 is 0 Å². The van der Waals surface area contributed by atoms with Crippen molar-refractivity contribution < 1.29 is 4.42 Å². The lowest BCUT2D eigenvalue weighted by atomic mass is 9.33. The van der Waals surface area contributed by atoms with E-state index in [1.165, 1.54) is 22.1 Å². The molecule has 0 radical (unpaired) electrons. The summed E-state index contributed by atoms with van der Waals surface area (Å²) in [6, 6.07) is 120. The maximum atomic E-state index is 7.74. The monoisotopic (exact) mass is 1230 g/mol. The number of nitrogens with zero attached hydrogens (tertiary/aromatic N) is 2. The highest BCUT2D eigenvalue weighted by molar-refractivity contribution is 7.00. The van der Waals surface area contributed by atoms with Gasteiger partial charge in [-0.25, -0.2) is 0 Å². The Kier molecular flexibility index (Phi) is 14.1. The van der Waals surface area contributed by atoms with Crippen LogP contribution in [0.2, 0.25) is 0 Å². The third-order valence-corrected chi connectivity index (χ3v) is 19.9. The SMILES string of the molecule is CC(C)(C)c1cc(-c2ccccc2)c(N2c3cc(-c4ccccc4)c(-c4ccccc4)cc3B3c4cc(-c5ccccc5)c(-c5ccccc5)cc4N(c4c(-c5ccccc5)cc(C(C)(C)C)cc4-c4ccccc4)c4c3c2cc2c4oc3ccccc32)c(-c2ccccc2)c1. The van der Waals surface area contributed by atoms with Gasteiger partial charge in [0.05, 0.1) is 17.1 Å². The number of para-hydroxylation sites is 1. The summed E-state index contributed by atoms with van der Waals surface area (Å²) in [5.74, 6) is 0. The average Bonchev–Trinajstić information content (AvgIpc) is 1.04. The van der Waals surface area contributed by atoms with E-state index in [2.05, 4.69) is 373 Å². The molecule has 96 heavy (non-hydrogen) atoms. The van der Waals surface area contributed by atoms with E-state index < -0.39 is 0 Å². The van der Waals surface area contributed by atoms with Gasteiger partial charge < -0.3 is 14.2 Å². The van der Waals surface area contributed by atoms with Gasteiger partial charge in [0.2, 0.25) is 0 Å². The molecule has 3 heterocycles. The molecule has 2 aliphatic heterocycles. The molecule has 0 saturated heterocycles. The van der Waals surface area contributed by atoms with E-state index in [0.29, 0.717) is 0 Å². The zero-order valence-electron chi connectivity index (χ0n) is 55.0. The molecule has 0 saturated carbocycles. The Labute approximate surface area is 564 Å². The molecule has 14 aromatic carbocycles. The van der Waals surface area contributed by atoms with Crippen LogP contribution in [0.4, 0.5) is 34.1 Å². The van der Waals surface area contributed by atoms with Crippen molar-refractivity contribution in [2.75, 3.05) is 9.80 Å². The lowest BCUT2D eigenvalue weighted by Crippen LogP contribution is -2.61. The molecule has 17 rings (SSSR count). The number of rotatable bonds is 10. The van der Waals surface area contributed by atoms with Gasteiger partial charge in [0.1, 0.15) is 5.58 Å². The van der Waals surface area contributed by atoms with Gasteiger partial charge in [-0.3, -0.25) is 0 Å². The molecule has 2 aliphatic rings. The zero-order chi connectivity index (χ0) is 64.8. The number of hydrogen-bond acceptors (Lipinski definition) is 3. The zero-order valence-corrected chi connectivity index (χ0v) is 55.0. The molecule has 0 N–H and O–H groups in total. The first-order chi connectivity index (χ1) is 46.9. The van der Waals surface area contributed by atoms with Crippen LogP contribution in [0.15, 0.2) is 326 Å². The number of anilines is 6. The molecule has 0 bridgehead atoms. The van der Waals surface area contributed by atoms with Crippen LogP contribution in [0.5, 0.6) is 0 Å². The van der Waals surface area contributed by atoms with E-state index in [1.54, 1.807) is 0 Å². The normalized spacial score (nSPS) is 12.6. The van der Waals surface area contributed by atoms with Gasteiger partial charge in [-0.2, -0.15) is 0 Å². The maximum Gasteiger partial charge on any atom is 0.252 e. The van der Waals surface area contributed by atoms with Crippen molar-refractivity contribution in [2.24, 2.45) is 0 Å². The van der Waals surface area contributed by atoms with E-state index in [1.807, 2.05) is 0 Å². The predicted octanol–water partition coefficient (Wildman–Crippen LogP) is 23.6. The standard InChI is InChI=1S/C92H71BN2O/c1-91(2,3)68-51-75(64-41-23-11-24-42-64)87(76(52-68)65-43-25-12-26-44-65)94-82-57-73(62-37-19-9-20-38-62)71(60-33-15-7-16-34-60)55-80(82)93-81-56-72(61-35-17-8-18-36-61)74(63-39-21-10-22-40-63)58-83(81)95(89-86(93)84(94)59-79-70-49-31-32-50-85(70)96-90(79)89)88-77(66-45-27-13-28-46-66)53-69(92(4,5)6)54-78(88)67-47-29-14-30-48-67/h7-59H,1-6H3. The van der Waals surface area contributed by atoms with Gasteiger partial charge in [0.25, 0.3) is 6.71 Å². The van der Waals surface area contributed by atoms with E-state index in [4.69, 9.17) is 4.42 Å². The summed E-state index contributed by atoms with van der Waals surface area (Å²) in [5, 5.41) is 2.09. The van der Waals surface area contributed by atoms with Crippen LogP contribution in [0.3, 0.4) is 0 Å². The molecule has 1 aromatic heterocycles. The van der Waals surface area contributed by atoms with E-state index in [9.17, 15) is 0 Å². The van der Waals surface area contributed by atoms with Gasteiger partial charge >= 0.3 is 0 Å². The Balaban J connectivity index is 1.14. The van der Waals surface area contributed by atoms with Crippen LogP contribution in [0.25, 0.3) is 111 Å². The molecule has 0 fully saturated rings. The second-order valence-electron chi connectivity index (χ2n) is 27.9.